The van der Waals surface area contributed by atoms with E-state index in [-0.39, 0.29) is 0 Å². The second-order valence-electron chi connectivity index (χ2n) is 5.14. The molecule has 1 N–H and O–H groups in total. The molecule has 0 amide bonds. The van der Waals surface area contributed by atoms with Gasteiger partial charge in [-0.2, -0.15) is 0 Å². The molecule has 0 bridgehead atoms. The number of nitrogens with one attached hydrogen (secondary N) is 1. The second-order valence-corrected chi connectivity index (χ2v) is 5.14. The van der Waals surface area contributed by atoms with E-state index in [2.05, 4.69) is 30.1 Å². The van der Waals surface area contributed by atoms with Crippen molar-refractivity contribution in [1.29, 1.82) is 0 Å². The number of rotatable bonds is 4. The number of likely N-dealkylation sites (tertiary alicyclic amines) is 1. The zero-order valence-corrected chi connectivity index (χ0v) is 11.3. The molecule has 2 heterocycles. The SMILES string of the molecule is CNCc1cc(CN2CCCCC2C)c(C)o1. The van der Waals surface area contributed by atoms with Crippen LogP contribution in [-0.2, 0) is 13.1 Å². The number of nitrogens with zero attached hydrogens (tertiary/aromatic N) is 1. The van der Waals surface area contributed by atoms with E-state index in [4.69, 9.17) is 4.42 Å². The van der Waals surface area contributed by atoms with Gasteiger partial charge in [-0.25, -0.2) is 0 Å². The average Bonchev–Trinajstić information content (AvgIpc) is 2.63. The van der Waals surface area contributed by atoms with Crippen LogP contribution in [0, 0.1) is 6.92 Å². The fourth-order valence-corrected chi connectivity index (χ4v) is 2.62. The molecular weight excluding hydrogens is 212 g/mol. The topological polar surface area (TPSA) is 28.4 Å². The number of furan rings is 1. The van der Waals surface area contributed by atoms with E-state index >= 15 is 0 Å². The maximum absolute atomic E-state index is 5.74. The number of hydrogen-bond donors (Lipinski definition) is 1. The molecule has 1 fully saturated rings. The van der Waals surface area contributed by atoms with Crippen molar-refractivity contribution in [3.63, 3.8) is 0 Å². The highest BCUT2D eigenvalue weighted by atomic mass is 16.3. The molecule has 1 atom stereocenters. The Morgan fingerprint density at radius 3 is 3.00 bits per heavy atom. The molecule has 1 aliphatic rings. The van der Waals surface area contributed by atoms with Gasteiger partial charge in [0.15, 0.2) is 0 Å². The summed E-state index contributed by atoms with van der Waals surface area (Å²) < 4.78 is 5.74. The Hall–Kier alpha value is -0.800. The number of aryl methyl sites for hydroxylation is 1. The fraction of sp³-hybridized carbons (Fsp3) is 0.714. The fourth-order valence-electron chi connectivity index (χ4n) is 2.62. The Morgan fingerprint density at radius 2 is 2.29 bits per heavy atom. The number of piperidine rings is 1. The van der Waals surface area contributed by atoms with Gasteiger partial charge in [0.2, 0.25) is 0 Å². The summed E-state index contributed by atoms with van der Waals surface area (Å²) in [6, 6.07) is 2.92. The van der Waals surface area contributed by atoms with Crippen molar-refractivity contribution in [2.24, 2.45) is 0 Å². The van der Waals surface area contributed by atoms with Crippen LogP contribution in [-0.4, -0.2) is 24.5 Å². The molecular formula is C14H24N2O. The molecule has 1 saturated heterocycles. The first-order valence-corrected chi connectivity index (χ1v) is 6.67. The van der Waals surface area contributed by atoms with Gasteiger partial charge >= 0.3 is 0 Å². The third kappa shape index (κ3) is 3.11. The van der Waals surface area contributed by atoms with Crippen LogP contribution in [0.25, 0.3) is 0 Å². The standard InChI is InChI=1S/C14H24N2O/c1-11-6-4-5-7-16(11)10-13-8-14(9-15-3)17-12(13)2/h8,11,15H,4-7,9-10H2,1-3H3. The van der Waals surface area contributed by atoms with E-state index in [1.165, 1.54) is 31.4 Å². The summed E-state index contributed by atoms with van der Waals surface area (Å²) in [4.78, 5) is 2.57. The van der Waals surface area contributed by atoms with E-state index < -0.39 is 0 Å². The quantitative estimate of drug-likeness (QED) is 0.871. The van der Waals surface area contributed by atoms with Crippen LogP contribution in [0.5, 0.6) is 0 Å². The van der Waals surface area contributed by atoms with Crippen molar-refractivity contribution >= 4 is 0 Å². The van der Waals surface area contributed by atoms with Gasteiger partial charge in [-0.3, -0.25) is 4.90 Å². The van der Waals surface area contributed by atoms with Crippen LogP contribution < -0.4 is 5.32 Å². The smallest absolute Gasteiger partial charge is 0.118 e. The Kier molecular flexibility index (Phi) is 4.24. The summed E-state index contributed by atoms with van der Waals surface area (Å²) >= 11 is 0. The van der Waals surface area contributed by atoms with Gasteiger partial charge in [-0.15, -0.1) is 0 Å². The van der Waals surface area contributed by atoms with Crippen LogP contribution in [0.2, 0.25) is 0 Å². The molecule has 96 valence electrons. The van der Waals surface area contributed by atoms with Crippen molar-refractivity contribution in [2.45, 2.75) is 52.2 Å². The van der Waals surface area contributed by atoms with Crippen molar-refractivity contribution in [3.05, 3.63) is 23.2 Å². The van der Waals surface area contributed by atoms with Gasteiger partial charge in [0.05, 0.1) is 6.54 Å². The summed E-state index contributed by atoms with van der Waals surface area (Å²) in [6.07, 6.45) is 4.05. The minimum absolute atomic E-state index is 0.714. The van der Waals surface area contributed by atoms with E-state index in [9.17, 15) is 0 Å². The van der Waals surface area contributed by atoms with Gasteiger partial charge in [0.25, 0.3) is 0 Å². The maximum Gasteiger partial charge on any atom is 0.118 e. The maximum atomic E-state index is 5.74. The minimum atomic E-state index is 0.714. The molecule has 3 heteroatoms. The summed E-state index contributed by atoms with van der Waals surface area (Å²) in [5, 5.41) is 3.13. The molecule has 0 aliphatic carbocycles. The van der Waals surface area contributed by atoms with E-state index in [1.54, 1.807) is 0 Å². The average molecular weight is 236 g/mol. The van der Waals surface area contributed by atoms with Crippen LogP contribution in [0.3, 0.4) is 0 Å². The lowest BCUT2D eigenvalue weighted by molar-refractivity contribution is 0.152. The van der Waals surface area contributed by atoms with Crippen molar-refractivity contribution < 1.29 is 4.42 Å². The van der Waals surface area contributed by atoms with Crippen molar-refractivity contribution in [2.75, 3.05) is 13.6 Å². The third-order valence-corrected chi connectivity index (χ3v) is 3.74. The highest BCUT2D eigenvalue weighted by Gasteiger charge is 2.20. The lowest BCUT2D eigenvalue weighted by Gasteiger charge is -2.33. The van der Waals surface area contributed by atoms with Gasteiger partial charge in [-0.1, -0.05) is 6.42 Å². The molecule has 3 nitrogen and oxygen atoms in total. The molecule has 17 heavy (non-hydrogen) atoms. The first-order chi connectivity index (χ1) is 8.20. The lowest BCUT2D eigenvalue weighted by Crippen LogP contribution is -2.36. The molecule has 1 aromatic heterocycles. The zero-order chi connectivity index (χ0) is 12.3. The largest absolute Gasteiger partial charge is 0.465 e. The van der Waals surface area contributed by atoms with Crippen molar-refractivity contribution in [1.82, 2.24) is 10.2 Å². The molecule has 0 aromatic carbocycles. The zero-order valence-electron chi connectivity index (χ0n) is 11.3. The normalized spacial score (nSPS) is 21.9. The van der Waals surface area contributed by atoms with Crippen LogP contribution >= 0.6 is 0 Å². The van der Waals surface area contributed by atoms with Crippen LogP contribution in [0.4, 0.5) is 0 Å². The first-order valence-electron chi connectivity index (χ1n) is 6.67. The van der Waals surface area contributed by atoms with E-state index in [1.807, 2.05) is 7.05 Å². The highest BCUT2D eigenvalue weighted by molar-refractivity contribution is 5.21. The van der Waals surface area contributed by atoms with Crippen LogP contribution in [0.1, 0.15) is 43.3 Å². The summed E-state index contributed by atoms with van der Waals surface area (Å²) in [5.74, 6) is 2.12. The van der Waals surface area contributed by atoms with Gasteiger partial charge < -0.3 is 9.73 Å². The van der Waals surface area contributed by atoms with E-state index in [0.29, 0.717) is 6.04 Å². The Balaban J connectivity index is 2.01. The van der Waals surface area contributed by atoms with Crippen LogP contribution in [0.15, 0.2) is 10.5 Å². The van der Waals surface area contributed by atoms with Gasteiger partial charge in [0.1, 0.15) is 11.5 Å². The molecule has 0 spiro atoms. The van der Waals surface area contributed by atoms with Gasteiger partial charge in [-0.05, 0) is 46.3 Å². The second kappa shape index (κ2) is 5.69. The highest BCUT2D eigenvalue weighted by Crippen LogP contribution is 2.22. The predicted octanol–water partition coefficient (Wildman–Crippen LogP) is 2.68. The summed E-state index contributed by atoms with van der Waals surface area (Å²) in [5.41, 5.74) is 1.35. The molecule has 0 saturated carbocycles. The molecule has 2 rings (SSSR count). The Labute approximate surface area is 104 Å². The number of hydrogen-bond acceptors (Lipinski definition) is 3. The third-order valence-electron chi connectivity index (χ3n) is 3.74. The molecule has 0 radical (unpaired) electrons. The van der Waals surface area contributed by atoms with Crippen molar-refractivity contribution in [3.8, 4) is 0 Å². The monoisotopic (exact) mass is 236 g/mol. The lowest BCUT2D eigenvalue weighted by atomic mass is 10.0. The molecule has 1 aromatic rings. The molecule has 1 unspecified atom stereocenters. The predicted molar refractivity (Wildman–Crippen MR) is 69.9 cm³/mol. The van der Waals surface area contributed by atoms with E-state index in [0.717, 1.165) is 24.6 Å². The molecule has 1 aliphatic heterocycles. The van der Waals surface area contributed by atoms with Gasteiger partial charge in [0, 0.05) is 18.2 Å². The minimum Gasteiger partial charge on any atom is -0.465 e. The summed E-state index contributed by atoms with van der Waals surface area (Å²) in [7, 11) is 1.95. The Morgan fingerprint density at radius 1 is 1.47 bits per heavy atom. The summed E-state index contributed by atoms with van der Waals surface area (Å²) in [6.45, 7) is 7.50. The first kappa shape index (κ1) is 12.7. The Bertz CT molecular complexity index is 359.